The molecular formula is C26H33F5O8S. The van der Waals surface area contributed by atoms with Crippen molar-refractivity contribution < 1.29 is 58.8 Å². The molecule has 8 nitrogen and oxygen atoms in total. The van der Waals surface area contributed by atoms with Crippen LogP contribution in [0.4, 0.5) is 22.0 Å². The Labute approximate surface area is 228 Å². The molecule has 1 N–H and O–H groups in total. The number of carbonyl (C=O) groups is 4. The van der Waals surface area contributed by atoms with Crippen LogP contribution in [-0.4, -0.2) is 53.8 Å². The Bertz CT molecular complexity index is 1180. The van der Waals surface area contributed by atoms with E-state index in [1.165, 1.54) is 0 Å². The summed E-state index contributed by atoms with van der Waals surface area (Å²) in [5, 5.41) is -5.80. The predicted molar refractivity (Wildman–Crippen MR) is 127 cm³/mol. The molecule has 0 aromatic rings. The highest BCUT2D eigenvalue weighted by Gasteiger charge is 2.66. The van der Waals surface area contributed by atoms with Crippen LogP contribution in [0.3, 0.4) is 0 Å². The zero-order valence-corrected chi connectivity index (χ0v) is 22.9. The highest BCUT2D eigenvalue weighted by atomic mass is 32.2. The Morgan fingerprint density at radius 3 is 2.30 bits per heavy atom. The Kier molecular flexibility index (Phi) is 8.05. The third-order valence-electron chi connectivity index (χ3n) is 10.2. The smallest absolute Gasteiger partial charge is 0.432 e. The van der Waals surface area contributed by atoms with E-state index in [1.54, 1.807) is 13.8 Å². The second-order valence-electron chi connectivity index (χ2n) is 12.2. The summed E-state index contributed by atoms with van der Waals surface area (Å²) < 4.78 is 101. The number of ether oxygens (including phenoxy) is 1. The van der Waals surface area contributed by atoms with Crippen LogP contribution < -0.4 is 0 Å². The van der Waals surface area contributed by atoms with Gasteiger partial charge in [-0.15, -0.1) is 0 Å². The number of esters is 1. The maximum atomic E-state index is 13.7. The Morgan fingerprint density at radius 2 is 1.70 bits per heavy atom. The van der Waals surface area contributed by atoms with Gasteiger partial charge in [0.2, 0.25) is 0 Å². The van der Waals surface area contributed by atoms with Crippen molar-refractivity contribution in [3.05, 3.63) is 0 Å². The van der Waals surface area contributed by atoms with Gasteiger partial charge in [-0.1, -0.05) is 13.8 Å². The lowest BCUT2D eigenvalue weighted by atomic mass is 9.48. The first kappa shape index (κ1) is 31.0. The van der Waals surface area contributed by atoms with Crippen molar-refractivity contribution in [3.8, 4) is 0 Å². The van der Waals surface area contributed by atoms with Crippen molar-refractivity contribution in [2.45, 2.75) is 89.2 Å². The van der Waals surface area contributed by atoms with E-state index in [1.807, 2.05) is 0 Å². The van der Waals surface area contributed by atoms with E-state index in [2.05, 4.69) is 4.74 Å². The van der Waals surface area contributed by atoms with Gasteiger partial charge in [0.05, 0.1) is 0 Å². The summed E-state index contributed by atoms with van der Waals surface area (Å²) in [6, 6.07) is 0. The van der Waals surface area contributed by atoms with E-state index in [0.717, 1.165) is 0 Å². The van der Waals surface area contributed by atoms with Crippen LogP contribution in [0.15, 0.2) is 0 Å². The molecule has 0 radical (unpaired) electrons. The maximum Gasteiger partial charge on any atom is 0.432 e. The summed E-state index contributed by atoms with van der Waals surface area (Å²) in [6.07, 6.45) is -8.20. The van der Waals surface area contributed by atoms with Gasteiger partial charge >= 0.3 is 27.5 Å². The van der Waals surface area contributed by atoms with Crippen molar-refractivity contribution in [1.82, 2.24) is 0 Å². The molecule has 0 aliphatic heterocycles. The minimum absolute atomic E-state index is 0.0223. The lowest BCUT2D eigenvalue weighted by Gasteiger charge is -2.54. The molecule has 0 bridgehead atoms. The molecule has 0 heterocycles. The van der Waals surface area contributed by atoms with Crippen molar-refractivity contribution in [1.29, 1.82) is 0 Å². The summed E-state index contributed by atoms with van der Waals surface area (Å²) in [5.74, 6) is -2.93. The SMILES string of the molecule is CC(CCC(=O)OC(C(F)(F)F)C(F)(F)S(=O)(=O)O)C1CCC2C3C(=O)CC4CC(=O)CCC4C3CC(=O)C12C. The fourth-order valence-corrected chi connectivity index (χ4v) is 8.76. The molecule has 40 heavy (non-hydrogen) atoms. The Balaban J connectivity index is 1.45. The van der Waals surface area contributed by atoms with Gasteiger partial charge in [-0.25, -0.2) is 0 Å². The van der Waals surface area contributed by atoms with Crippen LogP contribution in [0.25, 0.3) is 0 Å². The number of fused-ring (bicyclic) bond motifs is 5. The predicted octanol–water partition coefficient (Wildman–Crippen LogP) is 4.55. The highest BCUT2D eigenvalue weighted by molar-refractivity contribution is 7.86. The molecule has 0 amide bonds. The molecule has 9 unspecified atom stereocenters. The van der Waals surface area contributed by atoms with Gasteiger partial charge in [-0.3, -0.25) is 23.7 Å². The quantitative estimate of drug-likeness (QED) is 0.256. The second-order valence-corrected chi connectivity index (χ2v) is 13.7. The summed E-state index contributed by atoms with van der Waals surface area (Å²) >= 11 is 0. The van der Waals surface area contributed by atoms with Gasteiger partial charge in [0.25, 0.3) is 6.10 Å². The van der Waals surface area contributed by atoms with Crippen molar-refractivity contribution in [3.63, 3.8) is 0 Å². The number of rotatable bonds is 7. The number of Topliss-reactive ketones (excluding diaryl/α,β-unsaturated/α-hetero) is 3. The fourth-order valence-electron chi connectivity index (χ4n) is 8.30. The van der Waals surface area contributed by atoms with E-state index in [-0.39, 0.29) is 65.7 Å². The number of hydrogen-bond acceptors (Lipinski definition) is 7. The van der Waals surface area contributed by atoms with Gasteiger partial charge in [-0.05, 0) is 61.2 Å². The van der Waals surface area contributed by atoms with Crippen LogP contribution >= 0.6 is 0 Å². The van der Waals surface area contributed by atoms with Crippen LogP contribution in [0.1, 0.15) is 71.6 Å². The van der Waals surface area contributed by atoms with E-state index >= 15 is 0 Å². The summed E-state index contributed by atoms with van der Waals surface area (Å²) in [4.78, 5) is 51.1. The van der Waals surface area contributed by atoms with Gasteiger partial charge < -0.3 is 4.74 Å². The van der Waals surface area contributed by atoms with Crippen molar-refractivity contribution in [2.24, 2.45) is 46.8 Å². The molecule has 4 saturated carbocycles. The highest BCUT2D eigenvalue weighted by Crippen LogP contribution is 2.63. The molecule has 9 atom stereocenters. The molecule has 4 rings (SSSR count). The van der Waals surface area contributed by atoms with Gasteiger partial charge in [-0.2, -0.15) is 30.4 Å². The molecule has 4 aliphatic rings. The van der Waals surface area contributed by atoms with Crippen molar-refractivity contribution in [2.75, 3.05) is 0 Å². The minimum atomic E-state index is -6.54. The molecule has 0 spiro atoms. The van der Waals surface area contributed by atoms with Crippen LogP contribution in [0.2, 0.25) is 0 Å². The number of alkyl halides is 5. The standard InChI is InChI=1S/C26H33F5O8S/c1-12(3-8-21(35)39-23(25(27,28)29)26(30,31)40(36,37)38)17-6-7-18-22-16(11-20(34)24(17,18)2)15-5-4-14(32)9-13(15)10-19(22)33/h12-13,15-18,22-23H,3-11H2,1-2H3,(H,36,37,38). The van der Waals surface area contributed by atoms with E-state index < -0.39 is 51.4 Å². The number of carbonyl (C=O) groups excluding carboxylic acids is 4. The number of hydrogen-bond donors (Lipinski definition) is 1. The topological polar surface area (TPSA) is 132 Å². The van der Waals surface area contributed by atoms with Gasteiger partial charge in [0.1, 0.15) is 17.3 Å². The summed E-state index contributed by atoms with van der Waals surface area (Å²) in [7, 11) is -6.54. The van der Waals surface area contributed by atoms with Crippen LogP contribution in [0, 0.1) is 46.8 Å². The fraction of sp³-hybridized carbons (Fsp3) is 0.846. The Hall–Kier alpha value is -1.96. The molecule has 4 fully saturated rings. The zero-order chi connectivity index (χ0) is 30.0. The molecule has 0 saturated heterocycles. The van der Waals surface area contributed by atoms with Crippen molar-refractivity contribution >= 4 is 33.4 Å². The normalized spacial score (nSPS) is 36.4. The average Bonchev–Trinajstić information content (AvgIpc) is 3.17. The summed E-state index contributed by atoms with van der Waals surface area (Å²) in [6.45, 7) is 3.48. The van der Waals surface area contributed by atoms with E-state index in [9.17, 15) is 49.5 Å². The molecule has 0 aromatic heterocycles. The van der Waals surface area contributed by atoms with E-state index in [0.29, 0.717) is 38.5 Å². The molecule has 4 aliphatic carbocycles. The monoisotopic (exact) mass is 600 g/mol. The first-order valence-corrected chi connectivity index (χ1v) is 14.9. The third-order valence-corrected chi connectivity index (χ3v) is 11.1. The molecule has 0 aromatic carbocycles. The average molecular weight is 601 g/mol. The molecule has 226 valence electrons. The first-order chi connectivity index (χ1) is 18.3. The maximum absolute atomic E-state index is 13.7. The number of ketones is 3. The first-order valence-electron chi connectivity index (χ1n) is 13.5. The Morgan fingerprint density at radius 1 is 1.05 bits per heavy atom. The van der Waals surface area contributed by atoms with Crippen LogP contribution in [-0.2, 0) is 34.0 Å². The van der Waals surface area contributed by atoms with Gasteiger partial charge in [0, 0.05) is 43.4 Å². The van der Waals surface area contributed by atoms with Crippen LogP contribution in [0.5, 0.6) is 0 Å². The molecule has 14 heteroatoms. The number of halogens is 5. The second kappa shape index (κ2) is 10.4. The minimum Gasteiger partial charge on any atom is -0.445 e. The van der Waals surface area contributed by atoms with Gasteiger partial charge in [0.15, 0.2) is 0 Å². The van der Waals surface area contributed by atoms with E-state index in [4.69, 9.17) is 4.55 Å². The summed E-state index contributed by atoms with van der Waals surface area (Å²) in [5.41, 5.74) is -0.913. The largest absolute Gasteiger partial charge is 0.445 e. The lowest BCUT2D eigenvalue weighted by molar-refractivity contribution is -0.259. The zero-order valence-electron chi connectivity index (χ0n) is 22.1. The lowest BCUT2D eigenvalue weighted by Crippen LogP contribution is -2.56. The molecular weight excluding hydrogens is 567 g/mol. The third kappa shape index (κ3) is 5.22.